The Morgan fingerprint density at radius 1 is 0.696 bits per heavy atom. The zero-order valence-electron chi connectivity index (χ0n) is 27.7. The summed E-state index contributed by atoms with van der Waals surface area (Å²) in [4.78, 5) is 1.25. The monoisotopic (exact) mass is 627 g/mol. The fraction of sp³-hybridized carbons (Fsp3) is 0.268. The van der Waals surface area contributed by atoms with Crippen molar-refractivity contribution in [1.82, 2.24) is 0 Å². The first-order valence-electron chi connectivity index (χ1n) is 16.4. The molecule has 3 atom stereocenters. The molecule has 2 aliphatic heterocycles. The van der Waals surface area contributed by atoms with Crippen molar-refractivity contribution in [2.75, 3.05) is 0 Å². The first-order chi connectivity index (χ1) is 21.9. The maximum Gasteiger partial charge on any atom is 0.556 e. The number of hydrogen-bond acceptors (Lipinski definition) is 2. The molecule has 5 aromatic carbocycles. The quantitative estimate of drug-likeness (QED) is 0.203. The minimum Gasteiger partial charge on any atom is -0.637 e. The molecule has 7 rings (SSSR count). The van der Waals surface area contributed by atoms with Gasteiger partial charge < -0.3 is 14.1 Å². The molecule has 2 heterocycles. The zero-order chi connectivity index (χ0) is 32.3. The summed E-state index contributed by atoms with van der Waals surface area (Å²) in [5.41, 5.74) is 7.15. The van der Waals surface area contributed by atoms with Crippen LogP contribution >= 0.6 is 11.6 Å². The minimum absolute atomic E-state index is 0.0155. The highest BCUT2D eigenvalue weighted by Gasteiger charge is 2.67. The van der Waals surface area contributed by atoms with Gasteiger partial charge in [-0.1, -0.05) is 168 Å². The van der Waals surface area contributed by atoms with Gasteiger partial charge in [-0.25, -0.2) is 0 Å². The maximum absolute atomic E-state index is 7.89. The Morgan fingerprint density at radius 2 is 1.24 bits per heavy atom. The molecule has 0 bridgehead atoms. The third kappa shape index (κ3) is 4.99. The number of quaternary nitrogens is 1. The first-order valence-corrected chi connectivity index (χ1v) is 16.8. The molecule has 46 heavy (non-hydrogen) atoms. The number of benzene rings is 5. The Balaban J connectivity index is 1.59. The second-order valence-corrected chi connectivity index (χ2v) is 15.5. The average Bonchev–Trinajstić information content (AvgIpc) is 3.36. The van der Waals surface area contributed by atoms with Gasteiger partial charge in [0.25, 0.3) is 0 Å². The number of hydrogen-bond donors (Lipinski definition) is 1. The van der Waals surface area contributed by atoms with E-state index in [1.807, 2.05) is 12.1 Å². The molecule has 3 nitrogen and oxygen atoms in total. The van der Waals surface area contributed by atoms with E-state index in [9.17, 15) is 0 Å². The standard InChI is InChI=1S/C41H43BClNO2/c1-39(2,3)33-26-30-28-44-38(29-16-10-7-11-17-29)41(31-18-12-8-13-19-31,32-20-14-9-15-21-32)46-42(44,34-22-24-35(43)25-23-34)45-37(30)36(27-33)40(4,5)6/h7-27,38,44H,28H2,1-6H3/t38-,42?/m1/s1. The largest absolute Gasteiger partial charge is 0.637 e. The molecular formula is C41H43BClNO2. The predicted octanol–water partition coefficient (Wildman–Crippen LogP) is 8.27. The summed E-state index contributed by atoms with van der Waals surface area (Å²) >= 11 is 6.51. The summed E-state index contributed by atoms with van der Waals surface area (Å²) in [6.07, 6.45) is 0. The van der Waals surface area contributed by atoms with Gasteiger partial charge in [-0.05, 0) is 51.3 Å². The van der Waals surface area contributed by atoms with Gasteiger partial charge in [0.15, 0.2) is 0 Å². The Hall–Kier alpha value is -3.83. The lowest BCUT2D eigenvalue weighted by molar-refractivity contribution is -0.851. The summed E-state index contributed by atoms with van der Waals surface area (Å²) in [5, 5.41) is 0.689. The predicted molar refractivity (Wildman–Crippen MR) is 190 cm³/mol. The third-order valence-corrected chi connectivity index (χ3v) is 10.2. The second-order valence-electron chi connectivity index (χ2n) is 15.1. The van der Waals surface area contributed by atoms with Crippen molar-refractivity contribution in [2.24, 2.45) is 0 Å². The normalized spacial score (nSPS) is 22.1. The Morgan fingerprint density at radius 3 is 1.76 bits per heavy atom. The van der Waals surface area contributed by atoms with E-state index < -0.39 is 12.3 Å². The fourth-order valence-corrected chi connectivity index (χ4v) is 7.85. The Labute approximate surface area is 279 Å². The lowest BCUT2D eigenvalue weighted by atomic mass is 9.60. The number of halogens is 1. The van der Waals surface area contributed by atoms with Gasteiger partial charge in [0.05, 0.1) is 12.3 Å². The number of rotatable bonds is 4. The molecule has 1 saturated heterocycles. The average molecular weight is 628 g/mol. The number of fused-ring (bicyclic) bond motifs is 2. The SMILES string of the molecule is CC(C)(C)c1cc2c(c(C(C)(C)C)c1)O[B-]1(c3ccc(Cl)cc3)OC(c3ccccc3)(c3ccccc3)[C@@H](c3ccccc3)[NH+]1C2. The van der Waals surface area contributed by atoms with Gasteiger partial charge in [-0.2, -0.15) is 0 Å². The summed E-state index contributed by atoms with van der Waals surface area (Å²) in [5.74, 6) is 0.947. The summed E-state index contributed by atoms with van der Waals surface area (Å²) in [6.45, 7) is 12.3. The van der Waals surface area contributed by atoms with Gasteiger partial charge in [0.2, 0.25) is 0 Å². The molecule has 2 aliphatic rings. The van der Waals surface area contributed by atoms with E-state index >= 15 is 0 Å². The molecule has 0 spiro atoms. The molecule has 2 unspecified atom stereocenters. The van der Waals surface area contributed by atoms with Crippen LogP contribution in [0.2, 0.25) is 5.02 Å². The van der Waals surface area contributed by atoms with Gasteiger partial charge in [0, 0.05) is 16.1 Å². The molecule has 234 valence electrons. The van der Waals surface area contributed by atoms with Gasteiger partial charge in [-0.3, -0.25) is 0 Å². The molecule has 0 saturated carbocycles. The molecule has 1 N–H and O–H groups in total. The van der Waals surface area contributed by atoms with E-state index in [4.69, 9.17) is 20.9 Å². The Kier molecular flexibility index (Phi) is 7.47. The van der Waals surface area contributed by atoms with Crippen molar-refractivity contribution in [1.29, 1.82) is 0 Å². The van der Waals surface area contributed by atoms with E-state index in [1.165, 1.54) is 27.1 Å². The third-order valence-electron chi connectivity index (χ3n) is 9.98. The van der Waals surface area contributed by atoms with Crippen LogP contribution in [-0.2, 0) is 27.6 Å². The van der Waals surface area contributed by atoms with Crippen LogP contribution in [0.3, 0.4) is 0 Å². The molecule has 0 aliphatic carbocycles. The molecule has 5 aromatic rings. The molecule has 1 fully saturated rings. The van der Waals surface area contributed by atoms with Crippen molar-refractivity contribution < 1.29 is 14.1 Å². The first kappa shape index (κ1) is 30.8. The highest BCUT2D eigenvalue weighted by atomic mass is 35.5. The van der Waals surface area contributed by atoms with Crippen LogP contribution < -0.4 is 14.9 Å². The molecule has 0 amide bonds. The van der Waals surface area contributed by atoms with Gasteiger partial charge in [-0.15, -0.1) is 0 Å². The maximum atomic E-state index is 7.89. The van der Waals surface area contributed by atoms with Crippen molar-refractivity contribution >= 4 is 23.8 Å². The van der Waals surface area contributed by atoms with Crippen LogP contribution in [0.25, 0.3) is 0 Å². The second kappa shape index (κ2) is 11.2. The van der Waals surface area contributed by atoms with Crippen LogP contribution in [0.15, 0.2) is 127 Å². The summed E-state index contributed by atoms with van der Waals surface area (Å²) < 4.78 is 15.5. The molecule has 0 aromatic heterocycles. The van der Waals surface area contributed by atoms with Gasteiger partial charge in [0.1, 0.15) is 11.6 Å². The van der Waals surface area contributed by atoms with Crippen molar-refractivity contribution in [3.8, 4) is 5.75 Å². The fourth-order valence-electron chi connectivity index (χ4n) is 7.73. The van der Waals surface area contributed by atoms with E-state index in [0.29, 0.717) is 5.02 Å². The van der Waals surface area contributed by atoms with Crippen LogP contribution in [0.5, 0.6) is 5.75 Å². The number of nitrogens with one attached hydrogen (secondary N) is 1. The van der Waals surface area contributed by atoms with Crippen LogP contribution in [-0.4, -0.2) is 6.69 Å². The lowest BCUT2D eigenvalue weighted by Crippen LogP contribution is -3.24. The highest BCUT2D eigenvalue weighted by molar-refractivity contribution is 6.75. The smallest absolute Gasteiger partial charge is 0.556 e. The van der Waals surface area contributed by atoms with Gasteiger partial charge >= 0.3 is 6.69 Å². The molecular weight excluding hydrogens is 585 g/mol. The van der Waals surface area contributed by atoms with Crippen LogP contribution in [0, 0.1) is 0 Å². The Bertz CT molecular complexity index is 1810. The van der Waals surface area contributed by atoms with E-state index in [2.05, 4.69) is 157 Å². The van der Waals surface area contributed by atoms with E-state index in [0.717, 1.165) is 28.9 Å². The van der Waals surface area contributed by atoms with Crippen molar-refractivity contribution in [3.63, 3.8) is 0 Å². The molecule has 0 radical (unpaired) electrons. The summed E-state index contributed by atoms with van der Waals surface area (Å²) in [6, 6.07) is 45.0. The zero-order valence-corrected chi connectivity index (χ0v) is 28.4. The van der Waals surface area contributed by atoms with E-state index in [1.54, 1.807) is 0 Å². The lowest BCUT2D eigenvalue weighted by Gasteiger charge is -2.48. The molecule has 5 heteroatoms. The van der Waals surface area contributed by atoms with E-state index in [-0.39, 0.29) is 16.9 Å². The topological polar surface area (TPSA) is 22.9 Å². The van der Waals surface area contributed by atoms with Crippen molar-refractivity contribution in [3.05, 3.63) is 166 Å². The van der Waals surface area contributed by atoms with Crippen molar-refractivity contribution in [2.45, 2.75) is 70.6 Å². The van der Waals surface area contributed by atoms with Crippen LogP contribution in [0.4, 0.5) is 0 Å². The van der Waals surface area contributed by atoms with Crippen LogP contribution in [0.1, 0.15) is 81.0 Å². The highest BCUT2D eigenvalue weighted by Crippen LogP contribution is 2.51. The minimum atomic E-state index is -2.16. The summed E-state index contributed by atoms with van der Waals surface area (Å²) in [7, 11) is 0.